The van der Waals surface area contributed by atoms with Gasteiger partial charge in [0.2, 0.25) is 0 Å². The van der Waals surface area contributed by atoms with Crippen LogP contribution >= 0.6 is 0 Å². The molecule has 20 heavy (non-hydrogen) atoms. The number of alkyl halides is 3. The summed E-state index contributed by atoms with van der Waals surface area (Å²) in [6.45, 7) is 0.405. The molecule has 1 saturated carbocycles. The molecule has 1 fully saturated rings. The summed E-state index contributed by atoms with van der Waals surface area (Å²) < 4.78 is 38.8. The van der Waals surface area contributed by atoms with Crippen molar-refractivity contribution in [1.29, 1.82) is 5.26 Å². The van der Waals surface area contributed by atoms with Crippen LogP contribution in [0.3, 0.4) is 0 Å². The van der Waals surface area contributed by atoms with Crippen molar-refractivity contribution < 1.29 is 13.2 Å². The number of nitrogens with zero attached hydrogens (tertiary/aromatic N) is 2. The summed E-state index contributed by atoms with van der Waals surface area (Å²) >= 11 is 0. The van der Waals surface area contributed by atoms with Crippen LogP contribution in [0.2, 0.25) is 0 Å². The van der Waals surface area contributed by atoms with Gasteiger partial charge in [-0.2, -0.15) is 18.4 Å². The molecule has 2 rings (SSSR count). The molecule has 2 N–H and O–H groups in total. The van der Waals surface area contributed by atoms with Crippen molar-refractivity contribution >= 4 is 5.69 Å². The highest BCUT2D eigenvalue weighted by atomic mass is 19.4. The Hall–Kier alpha value is -1.74. The zero-order valence-electron chi connectivity index (χ0n) is 11.1. The highest BCUT2D eigenvalue weighted by Crippen LogP contribution is 2.38. The lowest BCUT2D eigenvalue weighted by molar-refractivity contribution is -0.137. The van der Waals surface area contributed by atoms with E-state index in [1.54, 1.807) is 24.1 Å². The molecule has 3 nitrogen and oxygen atoms in total. The highest BCUT2D eigenvalue weighted by Gasteiger charge is 2.36. The number of nitriles is 1. The molecule has 0 aromatic heterocycles. The van der Waals surface area contributed by atoms with Crippen LogP contribution in [0.25, 0.3) is 0 Å². The lowest BCUT2D eigenvalue weighted by Gasteiger charge is -2.29. The fraction of sp³-hybridized carbons (Fsp3) is 0.500. The summed E-state index contributed by atoms with van der Waals surface area (Å²) in [7, 11) is 1.75. The number of hydrogen-bond acceptors (Lipinski definition) is 3. The minimum absolute atomic E-state index is 0.0454. The third kappa shape index (κ3) is 2.88. The van der Waals surface area contributed by atoms with Crippen molar-refractivity contribution in [3.63, 3.8) is 0 Å². The second kappa shape index (κ2) is 5.33. The fourth-order valence-electron chi connectivity index (χ4n) is 2.42. The van der Waals surface area contributed by atoms with Crippen molar-refractivity contribution in [3.05, 3.63) is 29.3 Å². The monoisotopic (exact) mass is 283 g/mol. The predicted octanol–water partition coefficient (Wildman–Crippen LogP) is 2.75. The zero-order chi connectivity index (χ0) is 14.9. The molecule has 1 aliphatic carbocycles. The van der Waals surface area contributed by atoms with Crippen molar-refractivity contribution in [2.24, 2.45) is 11.7 Å². The quantitative estimate of drug-likeness (QED) is 0.924. The first-order chi connectivity index (χ1) is 9.38. The highest BCUT2D eigenvalue weighted by molar-refractivity contribution is 5.55. The van der Waals surface area contributed by atoms with E-state index in [1.807, 2.05) is 0 Å². The minimum atomic E-state index is -4.53. The molecule has 0 aliphatic heterocycles. The maximum Gasteiger partial charge on any atom is 0.417 e. The molecule has 1 aliphatic rings. The minimum Gasteiger partial charge on any atom is -0.370 e. The van der Waals surface area contributed by atoms with E-state index in [1.165, 1.54) is 6.07 Å². The van der Waals surface area contributed by atoms with Gasteiger partial charge in [-0.15, -0.1) is 0 Å². The number of rotatable bonds is 4. The second-order valence-corrected chi connectivity index (χ2v) is 5.09. The van der Waals surface area contributed by atoms with Gasteiger partial charge in [-0.3, -0.25) is 0 Å². The Bertz CT molecular complexity index is 529. The summed E-state index contributed by atoms with van der Waals surface area (Å²) in [5.41, 5.74) is 4.91. The van der Waals surface area contributed by atoms with Crippen molar-refractivity contribution in [3.8, 4) is 6.07 Å². The molecule has 6 heteroatoms. The topological polar surface area (TPSA) is 53.0 Å². The molecule has 108 valence electrons. The van der Waals surface area contributed by atoms with Gasteiger partial charge >= 0.3 is 6.18 Å². The Morgan fingerprint density at radius 3 is 2.55 bits per heavy atom. The van der Waals surface area contributed by atoms with Crippen molar-refractivity contribution in [1.82, 2.24) is 0 Å². The van der Waals surface area contributed by atoms with Crippen molar-refractivity contribution in [2.45, 2.75) is 25.1 Å². The molecule has 1 atom stereocenters. The predicted molar refractivity (Wildman–Crippen MR) is 70.1 cm³/mol. The van der Waals surface area contributed by atoms with E-state index in [9.17, 15) is 13.2 Å². The van der Waals surface area contributed by atoms with Crippen LogP contribution in [-0.2, 0) is 6.18 Å². The van der Waals surface area contributed by atoms with Gasteiger partial charge in [0, 0.05) is 25.3 Å². The van der Waals surface area contributed by atoms with E-state index in [0.29, 0.717) is 18.2 Å². The Balaban J connectivity index is 2.35. The Kier molecular flexibility index (Phi) is 3.91. The van der Waals surface area contributed by atoms with E-state index in [0.717, 1.165) is 18.9 Å². The number of halogens is 3. The van der Waals surface area contributed by atoms with Gasteiger partial charge in [-0.05, 0) is 37.0 Å². The molecule has 0 spiro atoms. The Morgan fingerprint density at radius 1 is 1.45 bits per heavy atom. The van der Waals surface area contributed by atoms with Gasteiger partial charge in [-0.1, -0.05) is 0 Å². The van der Waals surface area contributed by atoms with Crippen LogP contribution in [0.15, 0.2) is 18.2 Å². The first-order valence-electron chi connectivity index (χ1n) is 6.42. The molecular formula is C14H16F3N3. The summed E-state index contributed by atoms with van der Waals surface area (Å²) in [4.78, 5) is 1.79. The largest absolute Gasteiger partial charge is 0.417 e. The molecule has 0 amide bonds. The first kappa shape index (κ1) is 14.7. The van der Waals surface area contributed by atoms with Gasteiger partial charge in [0.15, 0.2) is 0 Å². The number of anilines is 1. The van der Waals surface area contributed by atoms with Gasteiger partial charge in [0.05, 0.1) is 17.2 Å². The van der Waals surface area contributed by atoms with Crippen molar-refractivity contribution in [2.75, 3.05) is 18.5 Å². The van der Waals surface area contributed by atoms with Crippen LogP contribution in [0.1, 0.15) is 24.0 Å². The Morgan fingerprint density at radius 2 is 2.10 bits per heavy atom. The van der Waals surface area contributed by atoms with Gasteiger partial charge in [0.1, 0.15) is 0 Å². The standard InChI is InChI=1S/C14H16F3N3/c1-20(13(8-19)9-2-3-9)11-5-4-10(7-18)12(6-11)14(15,16)17/h4-6,9,13H,2-3,8,19H2,1H3. The Labute approximate surface area is 115 Å². The maximum absolute atomic E-state index is 12.9. The van der Waals surface area contributed by atoms with Crippen LogP contribution in [0.4, 0.5) is 18.9 Å². The third-order valence-corrected chi connectivity index (χ3v) is 3.74. The smallest absolute Gasteiger partial charge is 0.370 e. The molecular weight excluding hydrogens is 267 g/mol. The summed E-state index contributed by atoms with van der Waals surface area (Å²) in [6.07, 6.45) is -2.40. The van der Waals surface area contributed by atoms with E-state index >= 15 is 0 Å². The summed E-state index contributed by atoms with van der Waals surface area (Å²) in [5.74, 6) is 0.454. The molecule has 1 aromatic carbocycles. The molecule has 0 radical (unpaired) electrons. The SMILES string of the molecule is CN(c1ccc(C#N)c(C(F)(F)F)c1)C(CN)C1CC1. The third-order valence-electron chi connectivity index (χ3n) is 3.74. The normalized spacial score (nSPS) is 16.6. The van der Waals surface area contributed by atoms with E-state index in [2.05, 4.69) is 0 Å². The van der Waals surface area contributed by atoms with E-state index in [4.69, 9.17) is 11.0 Å². The molecule has 1 aromatic rings. The summed E-state index contributed by atoms with van der Waals surface area (Å²) in [5, 5.41) is 8.78. The van der Waals surface area contributed by atoms with Gasteiger partial charge in [-0.25, -0.2) is 0 Å². The summed E-state index contributed by atoms with van der Waals surface area (Å²) in [6, 6.07) is 5.42. The van der Waals surface area contributed by atoms with Crippen LogP contribution in [0, 0.1) is 17.2 Å². The van der Waals surface area contributed by atoms with Gasteiger partial charge < -0.3 is 10.6 Å². The zero-order valence-corrected chi connectivity index (χ0v) is 11.1. The number of benzene rings is 1. The lowest BCUT2D eigenvalue weighted by Crippen LogP contribution is -2.39. The van der Waals surface area contributed by atoms with Crippen LogP contribution in [-0.4, -0.2) is 19.6 Å². The average Bonchev–Trinajstić information content (AvgIpc) is 3.22. The molecule has 1 unspecified atom stereocenters. The molecule has 0 bridgehead atoms. The maximum atomic E-state index is 12.9. The van der Waals surface area contributed by atoms with Crippen LogP contribution in [0.5, 0.6) is 0 Å². The van der Waals surface area contributed by atoms with E-state index in [-0.39, 0.29) is 11.6 Å². The molecule has 0 saturated heterocycles. The number of likely N-dealkylation sites (N-methyl/N-ethyl adjacent to an activating group) is 1. The fourth-order valence-corrected chi connectivity index (χ4v) is 2.42. The van der Waals surface area contributed by atoms with Gasteiger partial charge in [0.25, 0.3) is 0 Å². The average molecular weight is 283 g/mol. The second-order valence-electron chi connectivity index (χ2n) is 5.09. The van der Waals surface area contributed by atoms with Crippen LogP contribution < -0.4 is 10.6 Å². The molecule has 0 heterocycles. The number of nitrogens with two attached hydrogens (primary N) is 1. The number of hydrogen-bond donors (Lipinski definition) is 1. The van der Waals surface area contributed by atoms with E-state index < -0.39 is 11.7 Å². The first-order valence-corrected chi connectivity index (χ1v) is 6.42. The lowest BCUT2D eigenvalue weighted by atomic mass is 10.0.